The molecule has 1 saturated carbocycles. The minimum Gasteiger partial charge on any atom is -0.464 e. The fourth-order valence-electron chi connectivity index (χ4n) is 2.90. The maximum Gasteiger partial charge on any atom is 0.134 e. The Labute approximate surface area is 118 Å². The summed E-state index contributed by atoms with van der Waals surface area (Å²) in [6, 6.07) is 19.6. The SMILES string of the molecule is c1ccc(C2CC2NCc2coc3ccccc23)cc1. The van der Waals surface area contributed by atoms with Crippen molar-refractivity contribution in [2.75, 3.05) is 0 Å². The first kappa shape index (κ1) is 11.7. The molecule has 4 rings (SSSR count). The molecule has 1 aliphatic rings. The number of rotatable bonds is 4. The first-order valence-corrected chi connectivity index (χ1v) is 7.15. The molecule has 0 aliphatic heterocycles. The number of hydrogen-bond donors (Lipinski definition) is 1. The van der Waals surface area contributed by atoms with E-state index in [1.807, 2.05) is 18.4 Å². The topological polar surface area (TPSA) is 25.2 Å². The lowest BCUT2D eigenvalue weighted by atomic mass is 10.1. The van der Waals surface area contributed by atoms with Crippen molar-refractivity contribution in [3.63, 3.8) is 0 Å². The average molecular weight is 263 g/mol. The summed E-state index contributed by atoms with van der Waals surface area (Å²) in [5.74, 6) is 0.675. The number of nitrogens with one attached hydrogen (secondary N) is 1. The van der Waals surface area contributed by atoms with Crippen molar-refractivity contribution in [1.29, 1.82) is 0 Å². The van der Waals surface area contributed by atoms with Crippen LogP contribution in [0.3, 0.4) is 0 Å². The second-order valence-electron chi connectivity index (χ2n) is 5.50. The van der Waals surface area contributed by atoms with Crippen LogP contribution in [0.5, 0.6) is 0 Å². The zero-order valence-electron chi connectivity index (χ0n) is 11.3. The third-order valence-corrected chi connectivity index (χ3v) is 4.13. The summed E-state index contributed by atoms with van der Waals surface area (Å²) in [5, 5.41) is 4.86. The number of benzene rings is 2. The van der Waals surface area contributed by atoms with Crippen molar-refractivity contribution < 1.29 is 4.42 Å². The maximum atomic E-state index is 5.57. The minimum absolute atomic E-state index is 0.603. The van der Waals surface area contributed by atoms with Gasteiger partial charge in [-0.1, -0.05) is 48.5 Å². The van der Waals surface area contributed by atoms with Gasteiger partial charge in [0, 0.05) is 29.5 Å². The number of para-hydroxylation sites is 1. The molecular formula is C18H17NO. The van der Waals surface area contributed by atoms with Gasteiger partial charge in [-0.05, 0) is 18.1 Å². The zero-order chi connectivity index (χ0) is 13.4. The molecule has 2 atom stereocenters. The molecule has 0 spiro atoms. The van der Waals surface area contributed by atoms with Crippen LogP contribution >= 0.6 is 0 Å². The first-order valence-electron chi connectivity index (χ1n) is 7.15. The summed E-state index contributed by atoms with van der Waals surface area (Å²) < 4.78 is 5.57. The van der Waals surface area contributed by atoms with E-state index >= 15 is 0 Å². The lowest BCUT2D eigenvalue weighted by Crippen LogP contribution is -2.16. The van der Waals surface area contributed by atoms with Gasteiger partial charge in [0.1, 0.15) is 5.58 Å². The molecule has 3 aromatic rings. The fraction of sp³-hybridized carbons (Fsp3) is 0.222. The Kier molecular flexibility index (Phi) is 2.82. The van der Waals surface area contributed by atoms with Crippen LogP contribution in [0.15, 0.2) is 65.3 Å². The Morgan fingerprint density at radius 2 is 1.80 bits per heavy atom. The molecule has 1 aliphatic carbocycles. The smallest absolute Gasteiger partial charge is 0.134 e. The van der Waals surface area contributed by atoms with E-state index in [-0.39, 0.29) is 0 Å². The average Bonchev–Trinajstić information content (AvgIpc) is 3.18. The predicted molar refractivity (Wildman–Crippen MR) is 80.6 cm³/mol. The summed E-state index contributed by atoms with van der Waals surface area (Å²) in [4.78, 5) is 0. The van der Waals surface area contributed by atoms with Gasteiger partial charge in [-0.25, -0.2) is 0 Å². The van der Waals surface area contributed by atoms with Gasteiger partial charge in [0.2, 0.25) is 0 Å². The molecule has 1 aromatic heterocycles. The van der Waals surface area contributed by atoms with Crippen molar-refractivity contribution in [3.8, 4) is 0 Å². The Bertz CT molecular complexity index is 716. The summed E-state index contributed by atoms with van der Waals surface area (Å²) in [6.07, 6.45) is 3.11. The van der Waals surface area contributed by atoms with E-state index < -0.39 is 0 Å². The van der Waals surface area contributed by atoms with Crippen molar-refractivity contribution in [2.24, 2.45) is 0 Å². The molecule has 1 N–H and O–H groups in total. The monoisotopic (exact) mass is 263 g/mol. The van der Waals surface area contributed by atoms with Crippen molar-refractivity contribution in [2.45, 2.75) is 24.9 Å². The molecule has 2 nitrogen and oxygen atoms in total. The van der Waals surface area contributed by atoms with Crippen LogP contribution in [0.4, 0.5) is 0 Å². The third kappa shape index (κ3) is 2.12. The molecule has 2 heteroatoms. The van der Waals surface area contributed by atoms with E-state index in [1.165, 1.54) is 22.9 Å². The zero-order valence-corrected chi connectivity index (χ0v) is 11.3. The molecule has 0 radical (unpaired) electrons. The van der Waals surface area contributed by atoms with Crippen molar-refractivity contribution in [1.82, 2.24) is 5.32 Å². The van der Waals surface area contributed by atoms with Gasteiger partial charge >= 0.3 is 0 Å². The van der Waals surface area contributed by atoms with Crippen molar-refractivity contribution in [3.05, 3.63) is 72.0 Å². The van der Waals surface area contributed by atoms with Crippen LogP contribution < -0.4 is 5.32 Å². The summed E-state index contributed by atoms with van der Waals surface area (Å²) in [6.45, 7) is 0.880. The Morgan fingerprint density at radius 3 is 2.70 bits per heavy atom. The van der Waals surface area contributed by atoms with E-state index in [0.717, 1.165) is 12.1 Å². The second kappa shape index (κ2) is 4.80. The van der Waals surface area contributed by atoms with E-state index in [4.69, 9.17) is 4.42 Å². The fourth-order valence-corrected chi connectivity index (χ4v) is 2.90. The lowest BCUT2D eigenvalue weighted by molar-refractivity contribution is 0.600. The summed E-state index contributed by atoms with van der Waals surface area (Å²) in [7, 11) is 0. The molecule has 1 fully saturated rings. The van der Waals surface area contributed by atoms with Gasteiger partial charge in [-0.3, -0.25) is 0 Å². The summed E-state index contributed by atoms with van der Waals surface area (Å²) >= 11 is 0. The molecule has 0 bridgehead atoms. The van der Waals surface area contributed by atoms with Crippen LogP contribution in [-0.2, 0) is 6.54 Å². The number of furan rings is 1. The highest BCUT2D eigenvalue weighted by molar-refractivity contribution is 5.80. The van der Waals surface area contributed by atoms with Crippen LogP contribution in [0, 0.1) is 0 Å². The molecule has 20 heavy (non-hydrogen) atoms. The largest absolute Gasteiger partial charge is 0.464 e. The summed E-state index contributed by atoms with van der Waals surface area (Å²) in [5.41, 5.74) is 3.67. The van der Waals surface area contributed by atoms with Gasteiger partial charge in [0.05, 0.1) is 6.26 Å². The van der Waals surface area contributed by atoms with Crippen LogP contribution in [0.25, 0.3) is 11.0 Å². The standard InChI is InChI=1S/C18H17NO/c1-2-6-13(7-3-1)16-10-17(16)19-11-14-12-20-18-9-5-4-8-15(14)18/h1-9,12,16-17,19H,10-11H2. The van der Waals surface area contributed by atoms with Gasteiger partial charge in [-0.2, -0.15) is 0 Å². The minimum atomic E-state index is 0.603. The van der Waals surface area contributed by atoms with E-state index in [0.29, 0.717) is 12.0 Å². The molecule has 0 saturated heterocycles. The molecule has 100 valence electrons. The van der Waals surface area contributed by atoms with Crippen LogP contribution in [0.1, 0.15) is 23.5 Å². The van der Waals surface area contributed by atoms with Gasteiger partial charge < -0.3 is 9.73 Å². The molecular weight excluding hydrogens is 246 g/mol. The molecule has 1 heterocycles. The van der Waals surface area contributed by atoms with Gasteiger partial charge in [0.15, 0.2) is 0 Å². The number of hydrogen-bond acceptors (Lipinski definition) is 2. The van der Waals surface area contributed by atoms with Gasteiger partial charge in [0.25, 0.3) is 0 Å². The quantitative estimate of drug-likeness (QED) is 0.767. The first-order chi connectivity index (χ1) is 9.92. The third-order valence-electron chi connectivity index (χ3n) is 4.13. The maximum absolute atomic E-state index is 5.57. The predicted octanol–water partition coefficient (Wildman–Crippen LogP) is 4.08. The normalized spacial score (nSPS) is 21.2. The van der Waals surface area contributed by atoms with Crippen LogP contribution in [0.2, 0.25) is 0 Å². The van der Waals surface area contributed by atoms with E-state index in [1.54, 1.807) is 0 Å². The molecule has 2 unspecified atom stereocenters. The van der Waals surface area contributed by atoms with Crippen LogP contribution in [-0.4, -0.2) is 6.04 Å². The van der Waals surface area contributed by atoms with Crippen molar-refractivity contribution >= 4 is 11.0 Å². The number of fused-ring (bicyclic) bond motifs is 1. The Balaban J connectivity index is 1.43. The lowest BCUT2D eigenvalue weighted by Gasteiger charge is -2.03. The van der Waals surface area contributed by atoms with E-state index in [2.05, 4.69) is 47.8 Å². The highest BCUT2D eigenvalue weighted by Gasteiger charge is 2.37. The Morgan fingerprint density at radius 1 is 1.00 bits per heavy atom. The highest BCUT2D eigenvalue weighted by Crippen LogP contribution is 2.40. The van der Waals surface area contributed by atoms with Gasteiger partial charge in [-0.15, -0.1) is 0 Å². The Hall–Kier alpha value is -2.06. The van der Waals surface area contributed by atoms with E-state index in [9.17, 15) is 0 Å². The molecule has 2 aromatic carbocycles. The molecule has 0 amide bonds. The second-order valence-corrected chi connectivity index (χ2v) is 5.50. The highest BCUT2D eigenvalue weighted by atomic mass is 16.3.